The number of rotatable bonds is 4. The lowest BCUT2D eigenvalue weighted by Crippen LogP contribution is -2.17. The molecule has 0 aliphatic rings. The van der Waals surface area contributed by atoms with Gasteiger partial charge in [-0.05, 0) is 44.2 Å². The van der Waals surface area contributed by atoms with Gasteiger partial charge in [-0.25, -0.2) is 0 Å². The highest BCUT2D eigenvalue weighted by Gasteiger charge is 2.04. The number of methoxy groups -OCH3 is 1. The number of ether oxygens (including phenoxy) is 1. The molecule has 0 saturated carbocycles. The quantitative estimate of drug-likeness (QED) is 0.718. The Morgan fingerprint density at radius 3 is 2.43 bits per heavy atom. The summed E-state index contributed by atoms with van der Waals surface area (Å²) in [5.41, 5.74) is 3.55. The van der Waals surface area contributed by atoms with Crippen molar-refractivity contribution in [2.75, 3.05) is 26.1 Å². The molecule has 1 rings (SSSR count). The van der Waals surface area contributed by atoms with Gasteiger partial charge in [-0.2, -0.15) is 0 Å². The number of anilines is 1. The first-order valence-electron chi connectivity index (χ1n) is 4.72. The molecular weight excluding hydrogens is 176 g/mol. The number of aryl methyl sites for hydroxylation is 2. The molecule has 0 unspecified atom stereocenters. The van der Waals surface area contributed by atoms with E-state index in [0.717, 1.165) is 18.1 Å². The molecule has 2 N–H and O–H groups in total. The number of hydrogen-bond acceptors (Lipinski definition) is 3. The van der Waals surface area contributed by atoms with E-state index in [1.807, 2.05) is 13.1 Å². The first-order chi connectivity index (χ1) is 6.69. The van der Waals surface area contributed by atoms with Crippen LogP contribution in [-0.2, 0) is 0 Å². The van der Waals surface area contributed by atoms with Crippen molar-refractivity contribution in [1.82, 2.24) is 5.32 Å². The van der Waals surface area contributed by atoms with Crippen LogP contribution in [0.1, 0.15) is 11.1 Å². The summed E-state index contributed by atoms with van der Waals surface area (Å²) >= 11 is 0. The highest BCUT2D eigenvalue weighted by molar-refractivity contribution is 5.59. The molecule has 3 nitrogen and oxygen atoms in total. The van der Waals surface area contributed by atoms with Gasteiger partial charge in [0.25, 0.3) is 0 Å². The molecule has 1 aromatic rings. The Bertz CT molecular complexity index is 310. The van der Waals surface area contributed by atoms with E-state index in [2.05, 4.69) is 30.5 Å². The van der Waals surface area contributed by atoms with Gasteiger partial charge in [-0.3, -0.25) is 0 Å². The second-order valence-corrected chi connectivity index (χ2v) is 3.34. The van der Waals surface area contributed by atoms with Gasteiger partial charge < -0.3 is 15.4 Å². The van der Waals surface area contributed by atoms with Crippen LogP contribution in [0.5, 0.6) is 5.75 Å². The molecule has 0 amide bonds. The van der Waals surface area contributed by atoms with Gasteiger partial charge >= 0.3 is 0 Å². The predicted octanol–water partition coefficient (Wildman–Crippen LogP) is 1.90. The van der Waals surface area contributed by atoms with E-state index >= 15 is 0 Å². The van der Waals surface area contributed by atoms with E-state index in [9.17, 15) is 0 Å². The van der Waals surface area contributed by atoms with Gasteiger partial charge in [-0.15, -0.1) is 0 Å². The molecule has 14 heavy (non-hydrogen) atoms. The van der Waals surface area contributed by atoms with E-state index in [1.165, 1.54) is 11.1 Å². The van der Waals surface area contributed by atoms with E-state index < -0.39 is 0 Å². The van der Waals surface area contributed by atoms with Crippen LogP contribution in [-0.4, -0.2) is 20.8 Å². The third kappa shape index (κ3) is 2.39. The summed E-state index contributed by atoms with van der Waals surface area (Å²) in [6.45, 7) is 4.91. The van der Waals surface area contributed by atoms with Gasteiger partial charge in [0, 0.05) is 0 Å². The lowest BCUT2D eigenvalue weighted by molar-refractivity contribution is 0.416. The Kier molecular flexibility index (Phi) is 3.77. The second kappa shape index (κ2) is 4.86. The maximum absolute atomic E-state index is 5.29. The molecule has 0 radical (unpaired) electrons. The van der Waals surface area contributed by atoms with Crippen molar-refractivity contribution >= 4 is 5.69 Å². The minimum atomic E-state index is 0.735. The zero-order valence-corrected chi connectivity index (χ0v) is 9.27. The first kappa shape index (κ1) is 10.9. The monoisotopic (exact) mass is 194 g/mol. The Hall–Kier alpha value is -1.22. The fraction of sp³-hybridized carbons (Fsp3) is 0.455. The minimum Gasteiger partial charge on any atom is -0.495 e. The Morgan fingerprint density at radius 1 is 1.21 bits per heavy atom. The largest absolute Gasteiger partial charge is 0.495 e. The average molecular weight is 194 g/mol. The molecule has 0 aliphatic heterocycles. The third-order valence-corrected chi connectivity index (χ3v) is 2.27. The van der Waals surface area contributed by atoms with Gasteiger partial charge in [0.2, 0.25) is 0 Å². The van der Waals surface area contributed by atoms with Gasteiger partial charge in [0.05, 0.1) is 19.5 Å². The van der Waals surface area contributed by atoms with Crippen LogP contribution < -0.4 is 15.4 Å². The van der Waals surface area contributed by atoms with E-state index in [-0.39, 0.29) is 0 Å². The summed E-state index contributed by atoms with van der Waals surface area (Å²) in [4.78, 5) is 0. The zero-order valence-electron chi connectivity index (χ0n) is 9.27. The topological polar surface area (TPSA) is 33.3 Å². The summed E-state index contributed by atoms with van der Waals surface area (Å²) in [5, 5.41) is 6.28. The molecule has 0 saturated heterocycles. The highest BCUT2D eigenvalue weighted by Crippen LogP contribution is 2.27. The fourth-order valence-electron chi connectivity index (χ4n) is 1.28. The average Bonchev–Trinajstić information content (AvgIpc) is 2.19. The molecule has 78 valence electrons. The fourth-order valence-corrected chi connectivity index (χ4v) is 1.28. The molecule has 0 spiro atoms. The Morgan fingerprint density at radius 2 is 1.86 bits per heavy atom. The normalized spacial score (nSPS) is 10.0. The van der Waals surface area contributed by atoms with Crippen molar-refractivity contribution in [2.24, 2.45) is 0 Å². The van der Waals surface area contributed by atoms with Crippen LogP contribution in [0.2, 0.25) is 0 Å². The van der Waals surface area contributed by atoms with Crippen LogP contribution in [0.25, 0.3) is 0 Å². The lowest BCUT2D eigenvalue weighted by Gasteiger charge is -2.13. The third-order valence-electron chi connectivity index (χ3n) is 2.27. The molecule has 0 aliphatic carbocycles. The molecule has 0 heterocycles. The van der Waals surface area contributed by atoms with Crippen LogP contribution in [0.4, 0.5) is 5.69 Å². The second-order valence-electron chi connectivity index (χ2n) is 3.34. The summed E-state index contributed by atoms with van der Waals surface area (Å²) in [6.07, 6.45) is 0. The van der Waals surface area contributed by atoms with Crippen molar-refractivity contribution in [3.8, 4) is 5.75 Å². The molecular formula is C11H18N2O. The van der Waals surface area contributed by atoms with Crippen LogP contribution in [0.3, 0.4) is 0 Å². The van der Waals surface area contributed by atoms with Gasteiger partial charge in [0.15, 0.2) is 0 Å². The number of hydrogen-bond donors (Lipinski definition) is 2. The maximum atomic E-state index is 5.29. The summed E-state index contributed by atoms with van der Waals surface area (Å²) in [5.74, 6) is 0.892. The SMILES string of the molecule is CNCNc1cc(C)c(C)cc1OC. The van der Waals surface area contributed by atoms with Crippen molar-refractivity contribution in [2.45, 2.75) is 13.8 Å². The van der Waals surface area contributed by atoms with Crippen molar-refractivity contribution in [1.29, 1.82) is 0 Å². The summed E-state index contributed by atoms with van der Waals surface area (Å²) in [7, 11) is 3.59. The molecule has 0 atom stereocenters. The molecule has 1 aromatic carbocycles. The molecule has 0 aromatic heterocycles. The lowest BCUT2D eigenvalue weighted by atomic mass is 10.1. The summed E-state index contributed by atoms with van der Waals surface area (Å²) < 4.78 is 5.29. The molecule has 3 heteroatoms. The maximum Gasteiger partial charge on any atom is 0.142 e. The van der Waals surface area contributed by atoms with Crippen LogP contribution in [0.15, 0.2) is 12.1 Å². The minimum absolute atomic E-state index is 0.735. The Balaban J connectivity index is 2.95. The van der Waals surface area contributed by atoms with Crippen LogP contribution >= 0.6 is 0 Å². The predicted molar refractivity (Wildman–Crippen MR) is 60.0 cm³/mol. The van der Waals surface area contributed by atoms with E-state index in [1.54, 1.807) is 7.11 Å². The first-order valence-corrected chi connectivity index (χ1v) is 4.72. The van der Waals surface area contributed by atoms with Crippen molar-refractivity contribution in [3.63, 3.8) is 0 Å². The highest BCUT2D eigenvalue weighted by atomic mass is 16.5. The number of nitrogens with one attached hydrogen (secondary N) is 2. The van der Waals surface area contributed by atoms with Crippen molar-refractivity contribution < 1.29 is 4.74 Å². The summed E-state index contributed by atoms with van der Waals surface area (Å²) in [6, 6.07) is 4.15. The standard InChI is InChI=1S/C11H18N2O/c1-8-5-10(13-7-12-3)11(14-4)6-9(8)2/h5-6,12-13H,7H2,1-4H3. The van der Waals surface area contributed by atoms with Gasteiger partial charge in [0.1, 0.15) is 5.75 Å². The number of benzene rings is 1. The van der Waals surface area contributed by atoms with E-state index in [4.69, 9.17) is 4.74 Å². The smallest absolute Gasteiger partial charge is 0.142 e. The molecule has 0 bridgehead atoms. The molecule has 0 fully saturated rings. The van der Waals surface area contributed by atoms with Crippen LogP contribution in [0, 0.1) is 13.8 Å². The Labute approximate surface area is 85.5 Å². The zero-order chi connectivity index (χ0) is 10.6. The van der Waals surface area contributed by atoms with E-state index in [0.29, 0.717) is 0 Å². The van der Waals surface area contributed by atoms with Crippen molar-refractivity contribution in [3.05, 3.63) is 23.3 Å². The van der Waals surface area contributed by atoms with Gasteiger partial charge in [-0.1, -0.05) is 0 Å².